The van der Waals surface area contributed by atoms with Crippen molar-refractivity contribution in [3.63, 3.8) is 0 Å². The predicted molar refractivity (Wildman–Crippen MR) is 101 cm³/mol. The van der Waals surface area contributed by atoms with Gasteiger partial charge in [-0.3, -0.25) is 0 Å². The second kappa shape index (κ2) is 6.88. The molecule has 4 rings (SSSR count). The van der Waals surface area contributed by atoms with Crippen LogP contribution in [0.4, 0.5) is 0 Å². The maximum atomic E-state index is 6.18. The van der Waals surface area contributed by atoms with Crippen LogP contribution < -0.4 is 5.84 Å². The van der Waals surface area contributed by atoms with Gasteiger partial charge in [0.15, 0.2) is 0 Å². The number of rotatable bonds is 5. The Morgan fingerprint density at radius 3 is 2.63 bits per heavy atom. The van der Waals surface area contributed by atoms with Crippen molar-refractivity contribution in [3.8, 4) is 17.3 Å². The first-order valence-electron chi connectivity index (χ1n) is 8.32. The lowest BCUT2D eigenvalue weighted by Crippen LogP contribution is -2.17. The Hall–Kier alpha value is -3.14. The second-order valence-electron chi connectivity index (χ2n) is 6.07. The highest BCUT2D eigenvalue weighted by Gasteiger charge is 2.21. The summed E-state index contributed by atoms with van der Waals surface area (Å²) in [5.74, 6) is 7.68. The number of benzene rings is 1. The molecule has 2 N–H and O–H groups in total. The van der Waals surface area contributed by atoms with Crippen LogP contribution in [0.2, 0.25) is 0 Å². The molecule has 0 saturated heterocycles. The van der Waals surface area contributed by atoms with Crippen molar-refractivity contribution in [2.45, 2.75) is 31.2 Å². The number of aromatic nitrogens is 7. The lowest BCUT2D eigenvalue weighted by molar-refractivity contribution is 0.380. The van der Waals surface area contributed by atoms with Gasteiger partial charge in [0.25, 0.3) is 5.95 Å². The molecular formula is C17H18N8OS. The van der Waals surface area contributed by atoms with E-state index in [1.54, 1.807) is 4.68 Å². The summed E-state index contributed by atoms with van der Waals surface area (Å²) in [6.45, 7) is 5.80. The summed E-state index contributed by atoms with van der Waals surface area (Å²) in [5.41, 5.74) is 2.72. The van der Waals surface area contributed by atoms with Crippen LogP contribution in [-0.4, -0.2) is 34.8 Å². The van der Waals surface area contributed by atoms with Crippen LogP contribution in [0.15, 0.2) is 46.1 Å². The van der Waals surface area contributed by atoms with Gasteiger partial charge in [0.1, 0.15) is 0 Å². The molecule has 10 heteroatoms. The monoisotopic (exact) mass is 382 g/mol. The largest absolute Gasteiger partial charge is 0.338 e. The van der Waals surface area contributed by atoms with E-state index in [-0.39, 0.29) is 5.25 Å². The molecule has 3 aromatic heterocycles. The standard InChI is InChI=1S/C17H18N8OS/c1-10-9-11(2)25(22-10)16-20-21-17(24(16)18)27-12(3)15-19-14(23-26-15)13-7-5-4-6-8-13/h4-9,12H,18H2,1-3H3. The van der Waals surface area contributed by atoms with Crippen molar-refractivity contribution < 1.29 is 4.52 Å². The molecule has 1 unspecified atom stereocenters. The van der Waals surface area contributed by atoms with Crippen molar-refractivity contribution >= 4 is 11.8 Å². The van der Waals surface area contributed by atoms with Gasteiger partial charge in [-0.05, 0) is 26.8 Å². The summed E-state index contributed by atoms with van der Waals surface area (Å²) >= 11 is 1.39. The van der Waals surface area contributed by atoms with Gasteiger partial charge in [-0.2, -0.15) is 10.1 Å². The highest BCUT2D eigenvalue weighted by atomic mass is 32.2. The molecule has 138 valence electrons. The summed E-state index contributed by atoms with van der Waals surface area (Å²) in [6.07, 6.45) is 0. The highest BCUT2D eigenvalue weighted by molar-refractivity contribution is 7.99. The summed E-state index contributed by atoms with van der Waals surface area (Å²) in [5, 5.41) is 17.2. The molecule has 1 aromatic carbocycles. The molecule has 0 fully saturated rings. The summed E-state index contributed by atoms with van der Waals surface area (Å²) in [6, 6.07) is 11.6. The molecule has 0 amide bonds. The van der Waals surface area contributed by atoms with Crippen molar-refractivity contribution in [1.82, 2.24) is 34.8 Å². The number of nitrogens with two attached hydrogens (primary N) is 1. The number of hydrogen-bond donors (Lipinski definition) is 1. The first kappa shape index (κ1) is 17.3. The van der Waals surface area contributed by atoms with Gasteiger partial charge in [-0.25, -0.2) is 9.36 Å². The molecule has 27 heavy (non-hydrogen) atoms. The Balaban J connectivity index is 1.55. The lowest BCUT2D eigenvalue weighted by Gasteiger charge is -2.07. The van der Waals surface area contributed by atoms with E-state index in [2.05, 4.69) is 25.4 Å². The lowest BCUT2D eigenvalue weighted by atomic mass is 10.2. The first-order chi connectivity index (χ1) is 13.0. The molecule has 0 radical (unpaired) electrons. The minimum Gasteiger partial charge on any atom is -0.338 e. The Labute approximate surface area is 159 Å². The van der Waals surface area contributed by atoms with Crippen LogP contribution in [0.5, 0.6) is 0 Å². The molecule has 0 spiro atoms. The average Bonchev–Trinajstić information content (AvgIpc) is 3.36. The van der Waals surface area contributed by atoms with E-state index >= 15 is 0 Å². The zero-order valence-electron chi connectivity index (χ0n) is 15.1. The van der Waals surface area contributed by atoms with Crippen molar-refractivity contribution in [1.29, 1.82) is 0 Å². The maximum absolute atomic E-state index is 6.18. The van der Waals surface area contributed by atoms with Crippen molar-refractivity contribution in [2.75, 3.05) is 5.84 Å². The number of aryl methyl sites for hydroxylation is 2. The maximum Gasteiger partial charge on any atom is 0.271 e. The summed E-state index contributed by atoms with van der Waals surface area (Å²) < 4.78 is 8.48. The predicted octanol–water partition coefficient (Wildman–Crippen LogP) is 2.70. The van der Waals surface area contributed by atoms with E-state index in [0.29, 0.717) is 22.8 Å². The van der Waals surface area contributed by atoms with Gasteiger partial charge in [-0.1, -0.05) is 47.3 Å². The molecule has 0 saturated carbocycles. The average molecular weight is 382 g/mol. The second-order valence-corrected chi connectivity index (χ2v) is 7.38. The van der Waals surface area contributed by atoms with Crippen LogP contribution >= 0.6 is 11.8 Å². The minimum absolute atomic E-state index is 0.144. The van der Waals surface area contributed by atoms with Crippen molar-refractivity contribution in [2.24, 2.45) is 0 Å². The van der Waals surface area contributed by atoms with E-state index in [9.17, 15) is 0 Å². The molecular weight excluding hydrogens is 364 g/mol. The van der Waals surface area contributed by atoms with Gasteiger partial charge in [-0.15, -0.1) is 10.2 Å². The van der Waals surface area contributed by atoms with Crippen LogP contribution in [0, 0.1) is 13.8 Å². The molecule has 0 aliphatic carbocycles. The van der Waals surface area contributed by atoms with E-state index in [4.69, 9.17) is 10.4 Å². The minimum atomic E-state index is -0.144. The Morgan fingerprint density at radius 2 is 1.93 bits per heavy atom. The van der Waals surface area contributed by atoms with E-state index < -0.39 is 0 Å². The Morgan fingerprint density at radius 1 is 1.15 bits per heavy atom. The fourth-order valence-electron chi connectivity index (χ4n) is 2.64. The third kappa shape index (κ3) is 3.31. The molecule has 4 aromatic rings. The Bertz CT molecular complexity index is 1070. The smallest absolute Gasteiger partial charge is 0.271 e. The SMILES string of the molecule is Cc1cc(C)n(-c2nnc(SC(C)c3nc(-c4ccccc4)no3)n2N)n1. The third-order valence-electron chi connectivity index (χ3n) is 3.95. The normalized spacial score (nSPS) is 12.4. The van der Waals surface area contributed by atoms with Gasteiger partial charge in [0, 0.05) is 11.3 Å². The molecule has 3 heterocycles. The van der Waals surface area contributed by atoms with Crippen molar-refractivity contribution in [3.05, 3.63) is 53.7 Å². The van der Waals surface area contributed by atoms with Crippen LogP contribution in [0.3, 0.4) is 0 Å². The Kier molecular flexibility index (Phi) is 4.40. The highest BCUT2D eigenvalue weighted by Crippen LogP contribution is 2.33. The fourth-order valence-corrected chi connectivity index (χ4v) is 3.43. The summed E-state index contributed by atoms with van der Waals surface area (Å²) in [4.78, 5) is 4.47. The van der Waals surface area contributed by atoms with Crippen LogP contribution in [0.25, 0.3) is 17.3 Å². The third-order valence-corrected chi connectivity index (χ3v) is 4.99. The zero-order valence-corrected chi connectivity index (χ0v) is 15.9. The molecule has 0 aliphatic rings. The zero-order chi connectivity index (χ0) is 19.0. The number of thioether (sulfide) groups is 1. The van der Waals surface area contributed by atoms with Crippen LogP contribution in [0.1, 0.15) is 29.5 Å². The van der Waals surface area contributed by atoms with Gasteiger partial charge in [0.2, 0.25) is 16.9 Å². The molecule has 0 aliphatic heterocycles. The topological polar surface area (TPSA) is 113 Å². The fraction of sp³-hybridized carbons (Fsp3) is 0.235. The van der Waals surface area contributed by atoms with Gasteiger partial charge in [0.05, 0.1) is 10.9 Å². The number of nitrogen functional groups attached to an aromatic ring is 1. The van der Waals surface area contributed by atoms with E-state index in [1.807, 2.05) is 57.2 Å². The summed E-state index contributed by atoms with van der Waals surface area (Å²) in [7, 11) is 0. The molecule has 0 bridgehead atoms. The molecule has 9 nitrogen and oxygen atoms in total. The number of nitrogens with zero attached hydrogens (tertiary/aromatic N) is 7. The quantitative estimate of drug-likeness (QED) is 0.414. The van der Waals surface area contributed by atoms with E-state index in [1.165, 1.54) is 16.4 Å². The molecule has 1 atom stereocenters. The van der Waals surface area contributed by atoms with Crippen LogP contribution in [-0.2, 0) is 0 Å². The van der Waals surface area contributed by atoms with Gasteiger partial charge >= 0.3 is 0 Å². The van der Waals surface area contributed by atoms with Gasteiger partial charge < -0.3 is 10.4 Å². The first-order valence-corrected chi connectivity index (χ1v) is 9.20. The van der Waals surface area contributed by atoms with E-state index in [0.717, 1.165) is 17.0 Å². The number of hydrogen-bond acceptors (Lipinski definition) is 8.